The van der Waals surface area contributed by atoms with E-state index in [-0.39, 0.29) is 17.6 Å². The van der Waals surface area contributed by atoms with Gasteiger partial charge in [0.1, 0.15) is 11.6 Å². The Labute approximate surface area is 106 Å². The highest BCUT2D eigenvalue weighted by Crippen LogP contribution is 2.25. The average molecular weight is 241 g/mol. The van der Waals surface area contributed by atoms with Gasteiger partial charge in [-0.1, -0.05) is 13.8 Å². The van der Waals surface area contributed by atoms with E-state index in [0.717, 1.165) is 32.2 Å². The van der Waals surface area contributed by atoms with Crippen LogP contribution in [0.1, 0.15) is 60.3 Å². The van der Waals surface area contributed by atoms with E-state index in [1.165, 1.54) is 0 Å². The highest BCUT2D eigenvalue weighted by molar-refractivity contribution is 5.76. The van der Waals surface area contributed by atoms with Gasteiger partial charge in [-0.25, -0.2) is 0 Å². The van der Waals surface area contributed by atoms with Gasteiger partial charge in [0.15, 0.2) is 0 Å². The molecule has 0 saturated carbocycles. The fourth-order valence-electron chi connectivity index (χ4n) is 2.61. The summed E-state index contributed by atoms with van der Waals surface area (Å²) in [5.74, 6) is -0.0399. The van der Waals surface area contributed by atoms with Crippen LogP contribution >= 0.6 is 0 Å². The molecule has 1 aliphatic rings. The van der Waals surface area contributed by atoms with Crippen LogP contribution in [-0.2, 0) is 9.53 Å². The smallest absolute Gasteiger partial charge is 0.323 e. The lowest BCUT2D eigenvalue weighted by molar-refractivity contribution is -0.161. The zero-order valence-corrected chi connectivity index (χ0v) is 12.0. The largest absolute Gasteiger partial charge is 0.459 e. The van der Waals surface area contributed by atoms with Crippen molar-refractivity contribution < 1.29 is 9.53 Å². The van der Waals surface area contributed by atoms with Gasteiger partial charge in [0.2, 0.25) is 0 Å². The highest BCUT2D eigenvalue weighted by Gasteiger charge is 2.36. The van der Waals surface area contributed by atoms with Crippen molar-refractivity contribution in [2.75, 3.05) is 6.54 Å². The molecule has 0 N–H and O–H groups in total. The molecule has 1 fully saturated rings. The summed E-state index contributed by atoms with van der Waals surface area (Å²) in [4.78, 5) is 14.5. The van der Waals surface area contributed by atoms with Crippen LogP contribution in [0, 0.1) is 0 Å². The predicted molar refractivity (Wildman–Crippen MR) is 69.9 cm³/mol. The van der Waals surface area contributed by atoms with Crippen LogP contribution in [0.4, 0.5) is 0 Å². The number of nitrogens with zero attached hydrogens (tertiary/aromatic N) is 1. The average Bonchev–Trinajstić information content (AvgIpc) is 2.66. The molecule has 0 spiro atoms. The molecular formula is C14H27NO2. The first-order chi connectivity index (χ1) is 7.89. The number of ether oxygens (including phenoxy) is 1. The maximum Gasteiger partial charge on any atom is 0.323 e. The van der Waals surface area contributed by atoms with Crippen molar-refractivity contribution in [3.8, 4) is 0 Å². The van der Waals surface area contributed by atoms with Crippen LogP contribution < -0.4 is 0 Å². The van der Waals surface area contributed by atoms with Crippen LogP contribution in [0.15, 0.2) is 0 Å². The van der Waals surface area contributed by atoms with Crippen molar-refractivity contribution in [3.63, 3.8) is 0 Å². The summed E-state index contributed by atoms with van der Waals surface area (Å²) in [6, 6.07) is 0.508. The third-order valence-corrected chi connectivity index (χ3v) is 3.38. The Morgan fingerprint density at radius 2 is 1.94 bits per heavy atom. The van der Waals surface area contributed by atoms with Crippen molar-refractivity contribution in [2.45, 2.75) is 78.0 Å². The topological polar surface area (TPSA) is 29.5 Å². The maximum absolute atomic E-state index is 12.1. The summed E-state index contributed by atoms with van der Waals surface area (Å²) in [7, 11) is 0. The van der Waals surface area contributed by atoms with Crippen LogP contribution in [0.25, 0.3) is 0 Å². The van der Waals surface area contributed by atoms with E-state index in [2.05, 4.69) is 18.7 Å². The third-order valence-electron chi connectivity index (χ3n) is 3.38. The van der Waals surface area contributed by atoms with E-state index in [4.69, 9.17) is 4.74 Å². The van der Waals surface area contributed by atoms with Gasteiger partial charge in [0.05, 0.1) is 0 Å². The zero-order valence-electron chi connectivity index (χ0n) is 12.0. The van der Waals surface area contributed by atoms with Gasteiger partial charge >= 0.3 is 5.97 Å². The number of esters is 1. The molecule has 3 nitrogen and oxygen atoms in total. The monoisotopic (exact) mass is 241 g/mol. The molecular weight excluding hydrogens is 214 g/mol. The van der Waals surface area contributed by atoms with Crippen molar-refractivity contribution in [1.29, 1.82) is 0 Å². The fourth-order valence-corrected chi connectivity index (χ4v) is 2.61. The quantitative estimate of drug-likeness (QED) is 0.709. The Morgan fingerprint density at radius 3 is 2.41 bits per heavy atom. The molecule has 1 aliphatic heterocycles. The van der Waals surface area contributed by atoms with Gasteiger partial charge in [-0.15, -0.1) is 0 Å². The predicted octanol–water partition coefficient (Wildman–Crippen LogP) is 2.98. The van der Waals surface area contributed by atoms with E-state index in [1.54, 1.807) is 0 Å². The van der Waals surface area contributed by atoms with Crippen molar-refractivity contribution in [3.05, 3.63) is 0 Å². The van der Waals surface area contributed by atoms with E-state index in [0.29, 0.717) is 6.04 Å². The zero-order chi connectivity index (χ0) is 13.1. The molecule has 0 amide bonds. The number of carbonyl (C=O) groups excluding carboxylic acids is 1. The number of hydrogen-bond acceptors (Lipinski definition) is 3. The molecule has 0 aliphatic carbocycles. The van der Waals surface area contributed by atoms with Crippen LogP contribution in [0.3, 0.4) is 0 Å². The molecule has 0 aromatic rings. The minimum Gasteiger partial charge on any atom is -0.459 e. The Hall–Kier alpha value is -0.570. The summed E-state index contributed by atoms with van der Waals surface area (Å²) in [5.41, 5.74) is -0.376. The van der Waals surface area contributed by atoms with E-state index in [9.17, 15) is 4.79 Å². The standard InChI is InChI=1S/C14H27NO2/c1-6-11(7-2)15-10-8-9-12(15)13(16)17-14(3,4)5/h11-12H,6-10H2,1-5H3/t12-/m0/s1. The van der Waals surface area contributed by atoms with Gasteiger partial charge < -0.3 is 4.74 Å². The van der Waals surface area contributed by atoms with Crippen molar-refractivity contribution in [1.82, 2.24) is 4.90 Å². The second-order valence-electron chi connectivity index (χ2n) is 5.90. The lowest BCUT2D eigenvalue weighted by Crippen LogP contribution is -2.45. The Balaban J connectivity index is 2.65. The summed E-state index contributed by atoms with van der Waals surface area (Å²) in [5, 5.41) is 0. The van der Waals surface area contributed by atoms with Crippen LogP contribution in [0.2, 0.25) is 0 Å². The summed E-state index contributed by atoms with van der Waals surface area (Å²) in [6.45, 7) is 11.2. The van der Waals surface area contributed by atoms with Crippen molar-refractivity contribution >= 4 is 5.97 Å². The maximum atomic E-state index is 12.1. The number of likely N-dealkylation sites (tertiary alicyclic amines) is 1. The number of hydrogen-bond donors (Lipinski definition) is 0. The first kappa shape index (κ1) is 14.5. The third kappa shape index (κ3) is 3.98. The molecule has 0 unspecified atom stereocenters. The van der Waals surface area contributed by atoms with Crippen LogP contribution in [-0.4, -0.2) is 35.1 Å². The second kappa shape index (κ2) is 5.85. The van der Waals surface area contributed by atoms with E-state index < -0.39 is 0 Å². The van der Waals surface area contributed by atoms with Gasteiger partial charge in [0, 0.05) is 6.04 Å². The molecule has 0 radical (unpaired) electrons. The Bertz CT molecular complexity index is 253. The first-order valence-electron chi connectivity index (χ1n) is 6.87. The van der Waals surface area contributed by atoms with Gasteiger partial charge in [-0.05, 0) is 53.0 Å². The molecule has 17 heavy (non-hydrogen) atoms. The Morgan fingerprint density at radius 1 is 1.35 bits per heavy atom. The molecule has 1 rings (SSSR count). The molecule has 100 valence electrons. The molecule has 0 bridgehead atoms. The molecule has 3 heteroatoms. The highest BCUT2D eigenvalue weighted by atomic mass is 16.6. The lowest BCUT2D eigenvalue weighted by atomic mass is 10.1. The normalized spacial score (nSPS) is 22.1. The fraction of sp³-hybridized carbons (Fsp3) is 0.929. The Kier molecular flexibility index (Phi) is 4.99. The lowest BCUT2D eigenvalue weighted by Gasteiger charge is -2.32. The second-order valence-corrected chi connectivity index (χ2v) is 5.90. The van der Waals surface area contributed by atoms with Crippen LogP contribution in [0.5, 0.6) is 0 Å². The van der Waals surface area contributed by atoms with Gasteiger partial charge in [0.25, 0.3) is 0 Å². The first-order valence-corrected chi connectivity index (χ1v) is 6.87. The molecule has 1 atom stereocenters. The molecule has 0 aromatic carbocycles. The number of rotatable bonds is 4. The molecule has 1 heterocycles. The molecule has 0 aromatic heterocycles. The van der Waals surface area contributed by atoms with Crippen molar-refractivity contribution in [2.24, 2.45) is 0 Å². The minimum atomic E-state index is -0.376. The van der Waals surface area contributed by atoms with E-state index >= 15 is 0 Å². The summed E-state index contributed by atoms with van der Waals surface area (Å²) in [6.07, 6.45) is 4.28. The van der Waals surface area contributed by atoms with Gasteiger partial charge in [-0.3, -0.25) is 9.69 Å². The number of carbonyl (C=O) groups is 1. The molecule has 1 saturated heterocycles. The SMILES string of the molecule is CCC(CC)N1CCC[C@H]1C(=O)OC(C)(C)C. The summed E-state index contributed by atoms with van der Waals surface area (Å²) >= 11 is 0. The minimum absolute atomic E-state index is 0.0147. The van der Waals surface area contributed by atoms with E-state index in [1.807, 2.05) is 20.8 Å². The summed E-state index contributed by atoms with van der Waals surface area (Å²) < 4.78 is 5.51. The van der Waals surface area contributed by atoms with Gasteiger partial charge in [-0.2, -0.15) is 0 Å².